The minimum Gasteiger partial charge on any atom is -0.303 e. The predicted molar refractivity (Wildman–Crippen MR) is 122 cm³/mol. The fourth-order valence-corrected chi connectivity index (χ4v) is 6.17. The summed E-state index contributed by atoms with van der Waals surface area (Å²) in [5, 5.41) is 1.11. The summed E-state index contributed by atoms with van der Waals surface area (Å²) in [4.78, 5) is 28.8. The molecule has 3 aliphatic heterocycles. The average molecular weight is 418 g/mol. The number of thiophene rings is 1. The van der Waals surface area contributed by atoms with Gasteiger partial charge in [0, 0.05) is 30.5 Å². The monoisotopic (exact) mass is 417 g/mol. The quantitative estimate of drug-likeness (QED) is 0.498. The van der Waals surface area contributed by atoms with E-state index in [0.29, 0.717) is 25.2 Å². The van der Waals surface area contributed by atoms with E-state index in [9.17, 15) is 9.59 Å². The van der Waals surface area contributed by atoms with E-state index < -0.39 is 0 Å². The summed E-state index contributed by atoms with van der Waals surface area (Å²) in [5.74, 6) is 1.76. The fraction of sp³-hybridized carbons (Fsp3) is 0.385. The van der Waals surface area contributed by atoms with E-state index in [2.05, 4.69) is 17.0 Å². The molecule has 1 aromatic heterocycles. The fourth-order valence-electron chi connectivity index (χ4n) is 5.09. The Bertz CT molecular complexity index is 1060. The smallest absolute Gasteiger partial charge is 0.173 e. The van der Waals surface area contributed by atoms with Crippen LogP contribution in [0.2, 0.25) is 0 Å². The SMILES string of the molecule is O=C(Cc1ccccc1)Cc1ccc2cc(C(=O)C[C@H]3CN4CCC3CC4)sc2c1. The molecule has 154 valence electrons. The Hall–Kier alpha value is -2.30. The summed E-state index contributed by atoms with van der Waals surface area (Å²) >= 11 is 1.58. The van der Waals surface area contributed by atoms with Crippen LogP contribution in [0.4, 0.5) is 0 Å². The molecule has 0 N–H and O–H groups in total. The largest absolute Gasteiger partial charge is 0.303 e. The van der Waals surface area contributed by atoms with Gasteiger partial charge in [0.05, 0.1) is 4.88 Å². The summed E-state index contributed by atoms with van der Waals surface area (Å²) in [7, 11) is 0. The first-order chi connectivity index (χ1) is 14.6. The molecular formula is C26H27NO2S. The van der Waals surface area contributed by atoms with Gasteiger partial charge in [0.25, 0.3) is 0 Å². The highest BCUT2D eigenvalue weighted by Gasteiger charge is 2.35. The van der Waals surface area contributed by atoms with E-state index in [4.69, 9.17) is 0 Å². The minimum absolute atomic E-state index is 0.218. The lowest BCUT2D eigenvalue weighted by Crippen LogP contribution is -2.47. The second kappa shape index (κ2) is 8.44. The van der Waals surface area contributed by atoms with Crippen molar-refractivity contribution in [1.82, 2.24) is 4.90 Å². The molecule has 3 aliphatic rings. The topological polar surface area (TPSA) is 37.4 Å². The molecule has 2 bridgehead atoms. The van der Waals surface area contributed by atoms with Crippen molar-refractivity contribution in [3.8, 4) is 0 Å². The maximum absolute atomic E-state index is 13.0. The second-order valence-electron chi connectivity index (χ2n) is 8.89. The number of benzene rings is 2. The molecule has 0 saturated carbocycles. The van der Waals surface area contributed by atoms with Gasteiger partial charge in [-0.2, -0.15) is 0 Å². The van der Waals surface area contributed by atoms with Gasteiger partial charge in [-0.3, -0.25) is 9.59 Å². The second-order valence-corrected chi connectivity index (χ2v) is 9.97. The Morgan fingerprint density at radius 1 is 0.933 bits per heavy atom. The third kappa shape index (κ3) is 4.26. The molecule has 3 fully saturated rings. The van der Waals surface area contributed by atoms with E-state index in [1.807, 2.05) is 42.5 Å². The number of hydrogen-bond acceptors (Lipinski definition) is 4. The van der Waals surface area contributed by atoms with Crippen molar-refractivity contribution < 1.29 is 9.59 Å². The molecule has 0 spiro atoms. The highest BCUT2D eigenvalue weighted by atomic mass is 32.1. The predicted octanol–water partition coefficient (Wildman–Crippen LogP) is 5.17. The molecule has 6 rings (SSSR count). The molecule has 0 aliphatic carbocycles. The lowest BCUT2D eigenvalue weighted by Gasteiger charge is -2.44. The first-order valence-corrected chi connectivity index (χ1v) is 11.8. The summed E-state index contributed by atoms with van der Waals surface area (Å²) in [6, 6.07) is 18.1. The van der Waals surface area contributed by atoms with Gasteiger partial charge >= 0.3 is 0 Å². The van der Waals surface area contributed by atoms with Crippen molar-refractivity contribution in [2.24, 2.45) is 11.8 Å². The van der Waals surface area contributed by atoms with E-state index >= 15 is 0 Å². The van der Waals surface area contributed by atoms with E-state index in [0.717, 1.165) is 38.6 Å². The molecule has 0 radical (unpaired) electrons. The lowest BCUT2D eigenvalue weighted by molar-refractivity contribution is -0.117. The molecule has 30 heavy (non-hydrogen) atoms. The Kier molecular flexibility index (Phi) is 5.53. The third-order valence-electron chi connectivity index (χ3n) is 6.74. The van der Waals surface area contributed by atoms with E-state index in [1.165, 1.54) is 25.9 Å². The van der Waals surface area contributed by atoms with Gasteiger partial charge in [-0.05, 0) is 66.4 Å². The zero-order chi connectivity index (χ0) is 20.5. The van der Waals surface area contributed by atoms with Crippen molar-refractivity contribution >= 4 is 33.0 Å². The molecule has 0 amide bonds. The standard InChI is InChI=1S/C26H27NO2S/c28-23(12-18-4-2-1-3-5-18)13-19-6-7-21-16-26(30-25(21)14-19)24(29)15-22-17-27-10-8-20(22)9-11-27/h1-7,14,16,20,22H,8-13,15,17H2/t22-/m0/s1. The number of piperidine rings is 3. The maximum Gasteiger partial charge on any atom is 0.173 e. The zero-order valence-electron chi connectivity index (χ0n) is 17.2. The Morgan fingerprint density at radius 2 is 1.70 bits per heavy atom. The maximum atomic E-state index is 13.0. The van der Waals surface area contributed by atoms with Gasteiger partial charge in [0.2, 0.25) is 0 Å². The number of carbonyl (C=O) groups is 2. The first kappa shape index (κ1) is 19.7. The molecule has 0 unspecified atom stereocenters. The lowest BCUT2D eigenvalue weighted by atomic mass is 9.76. The highest BCUT2D eigenvalue weighted by Crippen LogP contribution is 2.36. The average Bonchev–Trinajstić information content (AvgIpc) is 3.19. The van der Waals surface area contributed by atoms with Gasteiger partial charge in [-0.25, -0.2) is 0 Å². The van der Waals surface area contributed by atoms with Crippen molar-refractivity contribution in [3.63, 3.8) is 0 Å². The van der Waals surface area contributed by atoms with Gasteiger partial charge in [-0.15, -0.1) is 11.3 Å². The number of carbonyl (C=O) groups excluding carboxylic acids is 2. The van der Waals surface area contributed by atoms with Crippen LogP contribution in [-0.4, -0.2) is 36.1 Å². The van der Waals surface area contributed by atoms with Crippen LogP contribution in [0.5, 0.6) is 0 Å². The third-order valence-corrected chi connectivity index (χ3v) is 7.88. The number of ketones is 2. The zero-order valence-corrected chi connectivity index (χ0v) is 18.0. The van der Waals surface area contributed by atoms with Crippen molar-refractivity contribution in [2.45, 2.75) is 32.1 Å². The molecule has 1 atom stereocenters. The number of fused-ring (bicyclic) bond motifs is 4. The van der Waals surface area contributed by atoms with Crippen LogP contribution in [0, 0.1) is 11.8 Å². The van der Waals surface area contributed by atoms with Gasteiger partial charge < -0.3 is 4.90 Å². The van der Waals surface area contributed by atoms with Crippen LogP contribution >= 0.6 is 11.3 Å². The molecule has 3 aromatic rings. The molecule has 4 heteroatoms. The van der Waals surface area contributed by atoms with Crippen LogP contribution in [-0.2, 0) is 17.6 Å². The summed E-state index contributed by atoms with van der Waals surface area (Å²) in [6.45, 7) is 3.52. The summed E-state index contributed by atoms with van der Waals surface area (Å²) < 4.78 is 1.11. The minimum atomic E-state index is 0.218. The first-order valence-electron chi connectivity index (χ1n) is 11.0. The van der Waals surface area contributed by atoms with Gasteiger partial charge in [0.1, 0.15) is 5.78 Å². The van der Waals surface area contributed by atoms with Crippen LogP contribution in [0.1, 0.15) is 40.1 Å². The normalized spacial score (nSPS) is 23.0. The van der Waals surface area contributed by atoms with Crippen LogP contribution < -0.4 is 0 Å². The Balaban J connectivity index is 1.25. The highest BCUT2D eigenvalue weighted by molar-refractivity contribution is 7.20. The number of Topliss-reactive ketones (excluding diaryl/α,β-unsaturated/α-hetero) is 2. The van der Waals surface area contributed by atoms with Crippen molar-refractivity contribution in [3.05, 3.63) is 70.6 Å². The van der Waals surface area contributed by atoms with Crippen molar-refractivity contribution in [1.29, 1.82) is 0 Å². The number of rotatable bonds is 7. The molecular weight excluding hydrogens is 390 g/mol. The van der Waals surface area contributed by atoms with E-state index in [1.54, 1.807) is 11.3 Å². The number of hydrogen-bond donors (Lipinski definition) is 0. The Labute approximate surface area is 181 Å². The molecule has 2 aromatic carbocycles. The van der Waals surface area contributed by atoms with Crippen LogP contribution in [0.15, 0.2) is 54.6 Å². The molecule has 4 heterocycles. The van der Waals surface area contributed by atoms with Gasteiger partial charge in [0.15, 0.2) is 5.78 Å². The van der Waals surface area contributed by atoms with E-state index in [-0.39, 0.29) is 11.6 Å². The number of nitrogens with zero attached hydrogens (tertiary/aromatic N) is 1. The molecule has 3 saturated heterocycles. The Morgan fingerprint density at radius 3 is 2.43 bits per heavy atom. The molecule has 3 nitrogen and oxygen atoms in total. The summed E-state index contributed by atoms with van der Waals surface area (Å²) in [5.41, 5.74) is 2.09. The van der Waals surface area contributed by atoms with Crippen LogP contribution in [0.3, 0.4) is 0 Å². The van der Waals surface area contributed by atoms with Crippen molar-refractivity contribution in [2.75, 3.05) is 19.6 Å². The summed E-state index contributed by atoms with van der Waals surface area (Å²) in [6.07, 6.45) is 4.09. The van der Waals surface area contributed by atoms with Crippen LogP contribution in [0.25, 0.3) is 10.1 Å². The van der Waals surface area contributed by atoms with Gasteiger partial charge in [-0.1, -0.05) is 42.5 Å².